The maximum Gasteiger partial charge on any atom is 0.0234 e. The Hall–Kier alpha value is -0.620. The van der Waals surface area contributed by atoms with Crippen molar-refractivity contribution >= 4 is 15.9 Å². The molecule has 8 nitrogen and oxygen atoms in total. The third-order valence-electron chi connectivity index (χ3n) is 7.07. The molecule has 6 N–H and O–H groups in total. The number of hydrogen-bond acceptors (Lipinski definition) is 8. The third-order valence-corrected chi connectivity index (χ3v) is 7.52. The monoisotopic (exact) mass is 580 g/mol. The van der Waals surface area contributed by atoms with Crippen molar-refractivity contribution in [2.24, 2.45) is 0 Å². The van der Waals surface area contributed by atoms with Crippen molar-refractivity contribution in [3.8, 4) is 0 Å². The molecule has 37 heavy (non-hydrogen) atoms. The standard InChI is InChI=1S/C28H53BrN8/c29-28-22-26(24-36-17-3-9-32-13-11-30-5-1-7-34-15-19-36)21-27(23-28)25-37-18-4-10-33-14-12-31-6-2-8-35-16-20-37/h21-23,30-35H,1-20,24-25H2. The van der Waals surface area contributed by atoms with Crippen molar-refractivity contribution in [2.75, 3.05) is 105 Å². The summed E-state index contributed by atoms with van der Waals surface area (Å²) in [6, 6.07) is 7.07. The molecule has 0 amide bonds. The summed E-state index contributed by atoms with van der Waals surface area (Å²) >= 11 is 3.82. The third kappa shape index (κ3) is 14.9. The second-order valence-corrected chi connectivity index (χ2v) is 11.3. The Bertz CT molecular complexity index is 625. The summed E-state index contributed by atoms with van der Waals surface area (Å²) in [6.07, 6.45) is 4.75. The summed E-state index contributed by atoms with van der Waals surface area (Å²) < 4.78 is 1.20. The fourth-order valence-corrected chi connectivity index (χ4v) is 5.65. The Kier molecular flexibility index (Phi) is 17.0. The number of hydrogen-bond donors (Lipinski definition) is 6. The summed E-state index contributed by atoms with van der Waals surface area (Å²) in [5.74, 6) is 0. The van der Waals surface area contributed by atoms with Gasteiger partial charge in [-0.15, -0.1) is 0 Å². The van der Waals surface area contributed by atoms with Gasteiger partial charge in [0.2, 0.25) is 0 Å². The van der Waals surface area contributed by atoms with E-state index in [1.807, 2.05) is 0 Å². The van der Waals surface area contributed by atoms with Crippen LogP contribution in [0.5, 0.6) is 0 Å². The highest BCUT2D eigenvalue weighted by molar-refractivity contribution is 9.10. The SMILES string of the molecule is Brc1cc(CN2CCCNCCNCCCNCC2)cc(CN2CCCNCCNCCCNCC2)c1. The van der Waals surface area contributed by atoms with Gasteiger partial charge in [-0.25, -0.2) is 0 Å². The highest BCUT2D eigenvalue weighted by Crippen LogP contribution is 2.19. The second kappa shape index (κ2) is 20.3. The molecule has 3 rings (SSSR count). The first-order chi connectivity index (χ1) is 18.3. The molecule has 2 heterocycles. The van der Waals surface area contributed by atoms with E-state index in [4.69, 9.17) is 0 Å². The van der Waals surface area contributed by atoms with Gasteiger partial charge in [0.05, 0.1) is 0 Å². The lowest BCUT2D eigenvalue weighted by Crippen LogP contribution is -2.37. The Labute approximate surface area is 234 Å². The molecule has 1 aromatic carbocycles. The van der Waals surface area contributed by atoms with Crippen LogP contribution in [-0.2, 0) is 13.1 Å². The average molecular weight is 582 g/mol. The molecular weight excluding hydrogens is 528 g/mol. The zero-order valence-corrected chi connectivity index (χ0v) is 24.6. The van der Waals surface area contributed by atoms with Gasteiger partial charge >= 0.3 is 0 Å². The number of rotatable bonds is 4. The predicted molar refractivity (Wildman–Crippen MR) is 160 cm³/mol. The quantitative estimate of drug-likeness (QED) is 0.317. The average Bonchev–Trinajstić information content (AvgIpc) is 2.88. The Morgan fingerprint density at radius 3 is 1.27 bits per heavy atom. The molecule has 9 heteroatoms. The summed E-state index contributed by atoms with van der Waals surface area (Å²) in [5, 5.41) is 21.5. The molecule has 0 aliphatic carbocycles. The van der Waals surface area contributed by atoms with Crippen LogP contribution in [0.3, 0.4) is 0 Å². The summed E-state index contributed by atoms with van der Waals surface area (Å²) in [7, 11) is 0. The molecule has 0 unspecified atom stereocenters. The van der Waals surface area contributed by atoms with E-state index in [-0.39, 0.29) is 0 Å². The van der Waals surface area contributed by atoms with Gasteiger partial charge in [-0.3, -0.25) is 9.80 Å². The van der Waals surface area contributed by atoms with E-state index in [2.05, 4.69) is 75.8 Å². The lowest BCUT2D eigenvalue weighted by Gasteiger charge is -2.25. The number of nitrogens with one attached hydrogen (secondary N) is 6. The number of halogens is 1. The van der Waals surface area contributed by atoms with Crippen LogP contribution in [0.1, 0.15) is 36.8 Å². The van der Waals surface area contributed by atoms with Crippen LogP contribution in [0.25, 0.3) is 0 Å². The molecule has 2 saturated heterocycles. The fraction of sp³-hybridized carbons (Fsp3) is 0.786. The van der Waals surface area contributed by atoms with Gasteiger partial charge in [0.25, 0.3) is 0 Å². The van der Waals surface area contributed by atoms with Crippen molar-refractivity contribution in [2.45, 2.75) is 38.8 Å². The summed E-state index contributed by atoms with van der Waals surface area (Å²) in [5.41, 5.74) is 2.83. The number of nitrogens with zero attached hydrogens (tertiary/aromatic N) is 2. The van der Waals surface area contributed by atoms with Gasteiger partial charge in [0.1, 0.15) is 0 Å². The van der Waals surface area contributed by atoms with Crippen LogP contribution in [-0.4, -0.2) is 115 Å². The highest BCUT2D eigenvalue weighted by Gasteiger charge is 2.11. The van der Waals surface area contributed by atoms with E-state index in [0.717, 1.165) is 118 Å². The smallest absolute Gasteiger partial charge is 0.0234 e. The van der Waals surface area contributed by atoms with Gasteiger partial charge < -0.3 is 31.9 Å². The van der Waals surface area contributed by atoms with E-state index in [0.29, 0.717) is 0 Å². The maximum atomic E-state index is 3.82. The van der Waals surface area contributed by atoms with Crippen molar-refractivity contribution in [1.29, 1.82) is 0 Å². The molecule has 0 atom stereocenters. The van der Waals surface area contributed by atoms with Crippen LogP contribution in [0, 0.1) is 0 Å². The van der Waals surface area contributed by atoms with Gasteiger partial charge in [-0.2, -0.15) is 0 Å². The summed E-state index contributed by atoms with van der Waals surface area (Å²) in [4.78, 5) is 5.24. The van der Waals surface area contributed by atoms with E-state index >= 15 is 0 Å². The minimum atomic E-state index is 1.01. The van der Waals surface area contributed by atoms with E-state index in [9.17, 15) is 0 Å². The normalized spacial score (nSPS) is 22.6. The molecule has 0 radical (unpaired) electrons. The van der Waals surface area contributed by atoms with Crippen molar-refractivity contribution in [3.63, 3.8) is 0 Å². The van der Waals surface area contributed by atoms with E-state index in [1.54, 1.807) is 0 Å². The molecule has 0 aromatic heterocycles. The topological polar surface area (TPSA) is 78.7 Å². The minimum Gasteiger partial charge on any atom is -0.315 e. The molecule has 0 spiro atoms. The molecular formula is C28H53BrN8. The van der Waals surface area contributed by atoms with Crippen LogP contribution in [0.15, 0.2) is 22.7 Å². The molecule has 212 valence electrons. The largest absolute Gasteiger partial charge is 0.315 e. The molecule has 0 bridgehead atoms. The van der Waals surface area contributed by atoms with Crippen LogP contribution >= 0.6 is 15.9 Å². The Morgan fingerprint density at radius 2 is 0.838 bits per heavy atom. The fourth-order valence-electron chi connectivity index (χ4n) is 5.07. The molecule has 2 aliphatic heterocycles. The zero-order chi connectivity index (χ0) is 25.8. The Balaban J connectivity index is 1.55. The second-order valence-electron chi connectivity index (χ2n) is 10.4. The Morgan fingerprint density at radius 1 is 0.459 bits per heavy atom. The predicted octanol–water partition coefficient (Wildman–Crippen LogP) is 1.18. The van der Waals surface area contributed by atoms with Crippen molar-refractivity contribution < 1.29 is 0 Å². The first-order valence-corrected chi connectivity index (χ1v) is 15.6. The van der Waals surface area contributed by atoms with Crippen molar-refractivity contribution in [1.82, 2.24) is 41.7 Å². The van der Waals surface area contributed by atoms with Gasteiger partial charge in [-0.05, 0) is 101 Å². The van der Waals surface area contributed by atoms with Crippen LogP contribution in [0.2, 0.25) is 0 Å². The van der Waals surface area contributed by atoms with Crippen LogP contribution in [0.4, 0.5) is 0 Å². The molecule has 0 saturated carbocycles. The zero-order valence-electron chi connectivity index (χ0n) is 23.1. The van der Waals surface area contributed by atoms with Gasteiger partial charge in [-0.1, -0.05) is 22.0 Å². The van der Waals surface area contributed by atoms with Crippen LogP contribution < -0.4 is 31.9 Å². The highest BCUT2D eigenvalue weighted by atomic mass is 79.9. The van der Waals surface area contributed by atoms with E-state index < -0.39 is 0 Å². The van der Waals surface area contributed by atoms with Gasteiger partial charge in [0, 0.05) is 69.9 Å². The van der Waals surface area contributed by atoms with E-state index in [1.165, 1.54) is 41.3 Å². The maximum absolute atomic E-state index is 3.82. The minimum absolute atomic E-state index is 1.01. The summed E-state index contributed by atoms with van der Waals surface area (Å²) in [6.45, 7) is 19.4. The lowest BCUT2D eigenvalue weighted by atomic mass is 10.1. The first kappa shape index (κ1) is 30.9. The number of benzene rings is 1. The first-order valence-electron chi connectivity index (χ1n) is 14.8. The van der Waals surface area contributed by atoms with Crippen molar-refractivity contribution in [3.05, 3.63) is 33.8 Å². The lowest BCUT2D eigenvalue weighted by molar-refractivity contribution is 0.256. The van der Waals surface area contributed by atoms with Gasteiger partial charge in [0.15, 0.2) is 0 Å². The molecule has 2 fully saturated rings. The molecule has 1 aromatic rings. The molecule has 2 aliphatic rings.